The van der Waals surface area contributed by atoms with Crippen molar-refractivity contribution in [3.63, 3.8) is 0 Å². The first kappa shape index (κ1) is 25.3. The SMILES string of the molecule is COc1cc(N2CCN(C(C)C)CC2)ccc1Nc1nc(Nc2ccc(F)cc2C(N)=O)c2ccnc-2[nH]1. The average Bonchev–Trinajstić information content (AvgIpc) is 3.39. The molecule has 0 spiro atoms. The van der Waals surface area contributed by atoms with Crippen molar-refractivity contribution in [1.82, 2.24) is 19.9 Å². The zero-order chi connectivity index (χ0) is 26.8. The molecule has 10 nitrogen and oxygen atoms in total. The first-order valence-electron chi connectivity index (χ1n) is 12.5. The molecule has 2 aromatic rings. The number of nitrogens with zero attached hydrogens (tertiary/aromatic N) is 4. The first-order valence-corrected chi connectivity index (χ1v) is 12.5. The van der Waals surface area contributed by atoms with Gasteiger partial charge in [-0.2, -0.15) is 4.98 Å². The fourth-order valence-corrected chi connectivity index (χ4v) is 4.65. The quantitative estimate of drug-likeness (QED) is 0.274. The summed E-state index contributed by atoms with van der Waals surface area (Å²) < 4.78 is 19.4. The minimum Gasteiger partial charge on any atom is -0.494 e. The highest BCUT2D eigenvalue weighted by molar-refractivity contribution is 5.99. The number of rotatable bonds is 8. The second kappa shape index (κ2) is 10.5. The number of carbonyl (C=O) groups is 1. The Labute approximate surface area is 220 Å². The van der Waals surface area contributed by atoms with Crippen LogP contribution in [0.5, 0.6) is 5.75 Å². The first-order chi connectivity index (χ1) is 18.3. The van der Waals surface area contributed by atoms with Gasteiger partial charge in [-0.1, -0.05) is 0 Å². The van der Waals surface area contributed by atoms with Gasteiger partial charge in [0.1, 0.15) is 23.2 Å². The molecule has 1 saturated heterocycles. The van der Waals surface area contributed by atoms with E-state index in [2.05, 4.69) is 55.3 Å². The van der Waals surface area contributed by atoms with Crippen LogP contribution in [0.25, 0.3) is 11.4 Å². The molecule has 1 amide bonds. The van der Waals surface area contributed by atoms with E-state index in [0.29, 0.717) is 40.6 Å². The summed E-state index contributed by atoms with van der Waals surface area (Å²) in [5.74, 6) is 0.762. The summed E-state index contributed by atoms with van der Waals surface area (Å²) in [4.78, 5) is 28.9. The highest BCUT2D eigenvalue weighted by atomic mass is 19.1. The maximum Gasteiger partial charge on any atom is 0.250 e. The zero-order valence-electron chi connectivity index (χ0n) is 21.6. The van der Waals surface area contributed by atoms with Crippen LogP contribution in [0.4, 0.5) is 33.2 Å². The number of primary amides is 1. The number of aromatic amines is 1. The van der Waals surface area contributed by atoms with E-state index in [1.54, 1.807) is 19.4 Å². The molecule has 0 bridgehead atoms. The van der Waals surface area contributed by atoms with Gasteiger partial charge in [0.05, 0.1) is 29.6 Å². The summed E-state index contributed by atoms with van der Waals surface area (Å²) in [5.41, 5.74) is 8.33. The number of halogens is 1. The number of nitrogens with two attached hydrogens (primary N) is 1. The maximum atomic E-state index is 13.7. The second-order valence-electron chi connectivity index (χ2n) is 9.45. The fourth-order valence-electron chi connectivity index (χ4n) is 4.65. The molecule has 198 valence electrons. The molecule has 0 radical (unpaired) electrons. The van der Waals surface area contributed by atoms with Gasteiger partial charge in [0.25, 0.3) is 5.91 Å². The number of hydrogen-bond donors (Lipinski definition) is 4. The Morgan fingerprint density at radius 2 is 1.84 bits per heavy atom. The molecule has 5 rings (SSSR count). The number of carbonyl (C=O) groups excluding carboxylic acids is 1. The van der Waals surface area contributed by atoms with Crippen molar-refractivity contribution in [3.8, 4) is 17.1 Å². The van der Waals surface area contributed by atoms with Crippen LogP contribution in [0.3, 0.4) is 0 Å². The van der Waals surface area contributed by atoms with Gasteiger partial charge in [0.15, 0.2) is 0 Å². The lowest BCUT2D eigenvalue weighted by molar-refractivity contribution is 0.100. The molecule has 0 aromatic heterocycles. The van der Waals surface area contributed by atoms with Crippen LogP contribution in [0.1, 0.15) is 24.2 Å². The van der Waals surface area contributed by atoms with Crippen molar-refractivity contribution in [2.75, 3.05) is 48.8 Å². The van der Waals surface area contributed by atoms with E-state index in [4.69, 9.17) is 10.5 Å². The highest BCUT2D eigenvalue weighted by Gasteiger charge is 2.21. The van der Waals surface area contributed by atoms with Gasteiger partial charge in [0.2, 0.25) is 5.95 Å². The minimum atomic E-state index is -0.750. The molecule has 0 saturated carbocycles. The molecule has 5 N–H and O–H groups in total. The Hall–Kier alpha value is -4.38. The van der Waals surface area contributed by atoms with Gasteiger partial charge in [-0.3, -0.25) is 9.69 Å². The molecule has 1 fully saturated rings. The molecular formula is C27H31FN8O2. The van der Waals surface area contributed by atoms with E-state index in [9.17, 15) is 9.18 Å². The standard InChI is InChI=1S/C27H31FN8O2/c1-16(2)35-10-12-36(13-11-35)18-5-7-22(23(15-18)38-3)32-27-33-25-19(8-9-30-25)26(34-27)31-21-6-4-17(28)14-20(21)24(29)37/h4-9,14-16H,10-13H2,1-3H3,(H2,29,37)(H3,30,31,32,33,34). The lowest BCUT2D eigenvalue weighted by Gasteiger charge is -2.38. The van der Waals surface area contributed by atoms with Gasteiger partial charge in [-0.15, -0.1) is 0 Å². The smallest absolute Gasteiger partial charge is 0.250 e. The van der Waals surface area contributed by atoms with E-state index >= 15 is 0 Å². The number of amides is 1. The lowest BCUT2D eigenvalue weighted by Crippen LogP contribution is -2.48. The summed E-state index contributed by atoms with van der Waals surface area (Å²) >= 11 is 0. The Morgan fingerprint density at radius 1 is 1.08 bits per heavy atom. The van der Waals surface area contributed by atoms with Crippen LogP contribution in [-0.2, 0) is 0 Å². The number of aromatic nitrogens is 3. The maximum absolute atomic E-state index is 13.7. The van der Waals surface area contributed by atoms with Crippen molar-refractivity contribution < 1.29 is 13.9 Å². The molecule has 0 aliphatic carbocycles. The monoisotopic (exact) mass is 518 g/mol. The molecular weight excluding hydrogens is 487 g/mol. The summed E-state index contributed by atoms with van der Waals surface area (Å²) in [7, 11) is 1.63. The molecule has 3 heterocycles. The third-order valence-corrected chi connectivity index (χ3v) is 6.76. The number of methoxy groups -OCH3 is 1. The number of hydrogen-bond acceptors (Lipinski definition) is 8. The molecule has 3 aliphatic heterocycles. The van der Waals surface area contributed by atoms with Crippen LogP contribution in [0.2, 0.25) is 0 Å². The van der Waals surface area contributed by atoms with E-state index in [1.807, 2.05) is 12.1 Å². The van der Waals surface area contributed by atoms with Crippen LogP contribution < -0.4 is 26.0 Å². The van der Waals surface area contributed by atoms with Gasteiger partial charge >= 0.3 is 0 Å². The predicted octanol–water partition coefficient (Wildman–Crippen LogP) is 4.17. The summed E-state index contributed by atoms with van der Waals surface area (Å²) in [5, 5.41) is 6.39. The predicted molar refractivity (Wildman–Crippen MR) is 146 cm³/mol. The zero-order valence-corrected chi connectivity index (χ0v) is 21.6. The number of ether oxygens (including phenoxy) is 1. The van der Waals surface area contributed by atoms with Gasteiger partial charge in [-0.05, 0) is 50.2 Å². The highest BCUT2D eigenvalue weighted by Crippen LogP contribution is 2.35. The third kappa shape index (κ3) is 5.18. The molecule has 11 heteroatoms. The van der Waals surface area contributed by atoms with E-state index in [-0.39, 0.29) is 5.56 Å². The number of nitrogens with one attached hydrogen (secondary N) is 3. The number of H-pyrrole nitrogens is 1. The lowest BCUT2D eigenvalue weighted by atomic mass is 10.1. The summed E-state index contributed by atoms with van der Waals surface area (Å²) in [6.45, 7) is 8.40. The van der Waals surface area contributed by atoms with Crippen LogP contribution in [-0.4, -0.2) is 65.1 Å². The van der Waals surface area contributed by atoms with Crippen molar-refractivity contribution in [3.05, 3.63) is 60.0 Å². The second-order valence-corrected chi connectivity index (χ2v) is 9.45. The molecule has 0 unspecified atom stereocenters. The summed E-state index contributed by atoms with van der Waals surface area (Å²) in [6, 6.07) is 12.2. The van der Waals surface area contributed by atoms with Gasteiger partial charge in [0, 0.05) is 50.2 Å². The van der Waals surface area contributed by atoms with Crippen molar-refractivity contribution in [2.45, 2.75) is 19.9 Å². The van der Waals surface area contributed by atoms with Crippen molar-refractivity contribution in [1.29, 1.82) is 0 Å². The Bertz CT molecular complexity index is 1410. The molecule has 3 aliphatic rings. The number of piperazine rings is 1. The Morgan fingerprint density at radius 3 is 2.55 bits per heavy atom. The van der Waals surface area contributed by atoms with E-state index in [0.717, 1.165) is 43.6 Å². The third-order valence-electron chi connectivity index (χ3n) is 6.76. The minimum absolute atomic E-state index is 0.0216. The summed E-state index contributed by atoms with van der Waals surface area (Å²) in [6.07, 6.45) is 1.64. The Kier molecular flexibility index (Phi) is 7.01. The topological polar surface area (TPSA) is 124 Å². The van der Waals surface area contributed by atoms with Crippen LogP contribution in [0.15, 0.2) is 48.7 Å². The number of benzene rings is 2. The van der Waals surface area contributed by atoms with Crippen LogP contribution >= 0.6 is 0 Å². The fraction of sp³-hybridized carbons (Fsp3) is 0.296. The molecule has 0 atom stereocenters. The van der Waals surface area contributed by atoms with Gasteiger partial charge < -0.3 is 31.0 Å². The normalized spacial score (nSPS) is 14.2. The van der Waals surface area contributed by atoms with Gasteiger partial charge in [-0.25, -0.2) is 9.37 Å². The molecule has 38 heavy (non-hydrogen) atoms. The largest absolute Gasteiger partial charge is 0.494 e. The van der Waals surface area contributed by atoms with Crippen molar-refractivity contribution >= 4 is 34.7 Å². The number of anilines is 5. The average molecular weight is 519 g/mol. The molecule has 2 aromatic carbocycles. The van der Waals surface area contributed by atoms with E-state index < -0.39 is 11.7 Å². The number of fused-ring (bicyclic) bond motifs is 1. The Balaban J connectivity index is 1.41. The van der Waals surface area contributed by atoms with Crippen molar-refractivity contribution in [2.24, 2.45) is 5.73 Å². The van der Waals surface area contributed by atoms with Crippen LogP contribution in [0, 0.1) is 5.82 Å². The van der Waals surface area contributed by atoms with E-state index in [1.165, 1.54) is 12.1 Å².